The molecule has 16 heteroatoms. The highest BCUT2D eigenvalue weighted by Crippen LogP contribution is 2.30. The molecule has 0 spiro atoms. The van der Waals surface area contributed by atoms with Gasteiger partial charge in [-0.3, -0.25) is 16.8 Å². The number of pyridine rings is 2. The number of nitrogens with one attached hydrogen (secondary N) is 3. The van der Waals surface area contributed by atoms with E-state index in [2.05, 4.69) is 42.5 Å². The summed E-state index contributed by atoms with van der Waals surface area (Å²) in [6.07, 6.45) is 3.13. The van der Waals surface area contributed by atoms with Gasteiger partial charge in [-0.15, -0.1) is 0 Å². The van der Waals surface area contributed by atoms with E-state index in [1.165, 1.54) is 6.07 Å². The maximum atomic E-state index is 14.1. The molecule has 0 bridgehead atoms. The summed E-state index contributed by atoms with van der Waals surface area (Å²) in [6, 6.07) is 18.5. The van der Waals surface area contributed by atoms with E-state index in [1.807, 2.05) is 18.2 Å². The van der Waals surface area contributed by atoms with Crippen LogP contribution >= 0.6 is 11.6 Å². The molecule has 7 aromatic rings. The SMILES string of the molecule is N#Cc1cc(F)c(Nc2cccc3occc23)nc1Cl.NN.Nc1[nH]nc2nc(Nc3cccc4occc34)c(F)cc12.O. The molecule has 11 N–H and O–H groups in total. The lowest BCUT2D eigenvalue weighted by atomic mass is 10.2. The summed E-state index contributed by atoms with van der Waals surface area (Å²) in [7, 11) is 0. The fraction of sp³-hybridized carbons (Fsp3) is 0. The number of aromatic amines is 1. The minimum atomic E-state index is -0.647. The third kappa shape index (κ3) is 6.18. The molecule has 0 atom stereocenters. The summed E-state index contributed by atoms with van der Waals surface area (Å²) in [5.74, 6) is 7.19. The maximum Gasteiger partial charge on any atom is 0.185 e. The molecular weight excluding hydrogens is 598 g/mol. The number of fused-ring (bicyclic) bond motifs is 3. The highest BCUT2D eigenvalue weighted by molar-refractivity contribution is 6.30. The van der Waals surface area contributed by atoms with E-state index < -0.39 is 11.6 Å². The van der Waals surface area contributed by atoms with Crippen LogP contribution in [0.2, 0.25) is 5.15 Å². The summed E-state index contributed by atoms with van der Waals surface area (Å²) in [5.41, 5.74) is 8.74. The smallest absolute Gasteiger partial charge is 0.185 e. The van der Waals surface area contributed by atoms with Gasteiger partial charge in [-0.1, -0.05) is 23.7 Å². The van der Waals surface area contributed by atoms with Gasteiger partial charge in [-0.25, -0.2) is 18.7 Å². The predicted molar refractivity (Wildman–Crippen MR) is 163 cm³/mol. The van der Waals surface area contributed by atoms with Crippen LogP contribution in [0.25, 0.3) is 33.0 Å². The summed E-state index contributed by atoms with van der Waals surface area (Å²) >= 11 is 5.81. The molecule has 0 saturated heterocycles. The van der Waals surface area contributed by atoms with Crippen molar-refractivity contribution in [3.05, 3.63) is 95.5 Å². The highest BCUT2D eigenvalue weighted by atomic mass is 35.5. The van der Waals surface area contributed by atoms with E-state index in [0.29, 0.717) is 39.4 Å². The average molecular weight is 621 g/mol. The van der Waals surface area contributed by atoms with Crippen LogP contribution in [-0.2, 0) is 0 Å². The number of nitrogens with zero attached hydrogens (tertiary/aromatic N) is 4. The van der Waals surface area contributed by atoms with Crippen molar-refractivity contribution in [2.75, 3.05) is 16.4 Å². The Morgan fingerprint density at radius 2 is 1.36 bits per heavy atom. The van der Waals surface area contributed by atoms with Crippen molar-refractivity contribution in [3.63, 3.8) is 0 Å². The number of nitriles is 1. The quantitative estimate of drug-likeness (QED) is 0.0826. The second-order valence-electron chi connectivity index (χ2n) is 8.62. The molecule has 44 heavy (non-hydrogen) atoms. The van der Waals surface area contributed by atoms with Gasteiger partial charge in [0.2, 0.25) is 0 Å². The Morgan fingerprint density at radius 1 is 0.818 bits per heavy atom. The first-order chi connectivity index (χ1) is 20.9. The number of halogens is 3. The molecule has 0 aliphatic carbocycles. The molecule has 0 aliphatic heterocycles. The molecular formula is C28H23ClF2N10O3. The molecule has 0 radical (unpaired) electrons. The third-order valence-corrected chi connectivity index (χ3v) is 6.36. The molecule has 0 unspecified atom stereocenters. The second-order valence-corrected chi connectivity index (χ2v) is 8.98. The van der Waals surface area contributed by atoms with Crippen molar-refractivity contribution in [2.24, 2.45) is 11.7 Å². The van der Waals surface area contributed by atoms with Gasteiger partial charge < -0.3 is 30.7 Å². The Kier molecular flexibility index (Phi) is 9.53. The van der Waals surface area contributed by atoms with Crippen molar-refractivity contribution >= 4 is 73.4 Å². The lowest BCUT2D eigenvalue weighted by molar-refractivity contribution is 0.615. The Bertz CT molecular complexity index is 2110. The van der Waals surface area contributed by atoms with Crippen molar-refractivity contribution in [1.82, 2.24) is 20.2 Å². The van der Waals surface area contributed by atoms with Crippen molar-refractivity contribution in [1.29, 1.82) is 5.26 Å². The zero-order valence-electron chi connectivity index (χ0n) is 22.4. The van der Waals surface area contributed by atoms with Crippen LogP contribution in [0.3, 0.4) is 0 Å². The molecule has 13 nitrogen and oxygen atoms in total. The minimum Gasteiger partial charge on any atom is -0.464 e. The molecule has 7 rings (SSSR count). The standard InChI is InChI=1S/C14H7ClFN3O.C14H10FN5O.H4N2.H2O/c15-13-8(7-17)6-10(16)14(19-13)18-11-2-1-3-12-9(11)4-5-20-12;15-9-6-8-12(16)19-20-13(8)18-14(9)17-10-2-1-3-11-7(10)4-5-21-11;1-2;/h1-6H,(H,18,19);1-6H,(H4,16,17,18,19,20);1-2H2;1H2. The predicted octanol–water partition coefficient (Wildman–Crippen LogP) is 5.40. The van der Waals surface area contributed by atoms with E-state index in [0.717, 1.165) is 16.8 Å². The van der Waals surface area contributed by atoms with Gasteiger partial charge in [-0.05, 0) is 48.5 Å². The van der Waals surface area contributed by atoms with E-state index in [-0.39, 0.29) is 27.8 Å². The van der Waals surface area contributed by atoms with Crippen molar-refractivity contribution in [3.8, 4) is 6.07 Å². The zero-order chi connectivity index (χ0) is 30.5. The number of hydrazine groups is 1. The number of hydrogen-bond donors (Lipinski definition) is 6. The van der Waals surface area contributed by atoms with Crippen LogP contribution in [0, 0.1) is 23.0 Å². The number of benzene rings is 2. The number of aromatic nitrogens is 4. The Balaban J connectivity index is 0.000000186. The van der Waals surface area contributed by atoms with Crippen LogP contribution in [0.1, 0.15) is 5.56 Å². The summed E-state index contributed by atoms with van der Waals surface area (Å²) in [5, 5.41) is 23.1. The Hall–Kier alpha value is -5.79. The van der Waals surface area contributed by atoms with Gasteiger partial charge in [0, 0.05) is 10.8 Å². The minimum absolute atomic E-state index is 0. The number of hydrogen-bond acceptors (Lipinski definition) is 11. The lowest BCUT2D eigenvalue weighted by Gasteiger charge is -2.08. The normalized spacial score (nSPS) is 10.3. The highest BCUT2D eigenvalue weighted by Gasteiger charge is 2.14. The zero-order valence-corrected chi connectivity index (χ0v) is 23.2. The van der Waals surface area contributed by atoms with Crippen LogP contribution in [0.4, 0.5) is 37.6 Å². The number of nitrogens with two attached hydrogens (primary N) is 3. The van der Waals surface area contributed by atoms with Gasteiger partial charge >= 0.3 is 0 Å². The van der Waals surface area contributed by atoms with Gasteiger partial charge in [0.15, 0.2) is 28.9 Å². The van der Waals surface area contributed by atoms with Gasteiger partial charge in [0.05, 0.1) is 34.9 Å². The first-order valence-electron chi connectivity index (χ1n) is 12.3. The molecule has 5 heterocycles. The first kappa shape index (κ1) is 31.2. The van der Waals surface area contributed by atoms with E-state index in [4.69, 9.17) is 31.4 Å². The third-order valence-electron chi connectivity index (χ3n) is 6.08. The fourth-order valence-electron chi connectivity index (χ4n) is 4.12. The molecule has 224 valence electrons. The van der Waals surface area contributed by atoms with E-state index in [1.54, 1.807) is 48.9 Å². The summed E-state index contributed by atoms with van der Waals surface area (Å²) in [6.45, 7) is 0. The molecule has 0 amide bonds. The Morgan fingerprint density at radius 3 is 1.93 bits per heavy atom. The van der Waals surface area contributed by atoms with Crippen LogP contribution in [-0.4, -0.2) is 25.6 Å². The lowest BCUT2D eigenvalue weighted by Crippen LogP contribution is -2.02. The molecule has 5 aromatic heterocycles. The molecule has 0 saturated carbocycles. The topological polar surface area (TPSA) is 238 Å². The fourth-order valence-corrected chi connectivity index (χ4v) is 4.30. The van der Waals surface area contributed by atoms with E-state index >= 15 is 0 Å². The van der Waals surface area contributed by atoms with Crippen LogP contribution in [0.15, 0.2) is 82.0 Å². The van der Waals surface area contributed by atoms with Gasteiger partial charge in [0.1, 0.15) is 28.2 Å². The van der Waals surface area contributed by atoms with E-state index in [9.17, 15) is 8.78 Å². The first-order valence-corrected chi connectivity index (χ1v) is 12.6. The van der Waals surface area contributed by atoms with Crippen molar-refractivity contribution in [2.45, 2.75) is 0 Å². The number of rotatable bonds is 4. The Labute approximate surface area is 251 Å². The molecule has 0 fully saturated rings. The van der Waals surface area contributed by atoms with Gasteiger partial charge in [0.25, 0.3) is 0 Å². The number of nitrogen functional groups attached to an aromatic ring is 1. The summed E-state index contributed by atoms with van der Waals surface area (Å²) in [4.78, 5) is 8.00. The molecule has 2 aromatic carbocycles. The maximum absolute atomic E-state index is 14.1. The number of H-pyrrole nitrogens is 1. The van der Waals surface area contributed by atoms with Gasteiger partial charge in [-0.2, -0.15) is 10.4 Å². The summed E-state index contributed by atoms with van der Waals surface area (Å²) < 4.78 is 38.6. The van der Waals surface area contributed by atoms with Crippen LogP contribution in [0.5, 0.6) is 0 Å². The largest absolute Gasteiger partial charge is 0.464 e. The molecule has 0 aliphatic rings. The number of anilines is 5. The van der Waals surface area contributed by atoms with Crippen molar-refractivity contribution < 1.29 is 23.1 Å². The number of furan rings is 2. The monoisotopic (exact) mass is 620 g/mol. The van der Waals surface area contributed by atoms with Crippen LogP contribution < -0.4 is 28.1 Å². The average Bonchev–Trinajstić information content (AvgIpc) is 3.78. The second kappa shape index (κ2) is 13.5.